The zero-order valence-electron chi connectivity index (χ0n) is 15.5. The highest BCUT2D eigenvalue weighted by molar-refractivity contribution is 14.0. The highest BCUT2D eigenvalue weighted by Gasteiger charge is 2.08. The van der Waals surface area contributed by atoms with Gasteiger partial charge in [0.1, 0.15) is 5.82 Å². The number of hydrogen-bond donors (Lipinski definition) is 1. The molecule has 0 aliphatic heterocycles. The Bertz CT molecular complexity index is 857. The molecule has 0 fully saturated rings. The fourth-order valence-electron chi connectivity index (χ4n) is 3.07. The van der Waals surface area contributed by atoms with Gasteiger partial charge in [0.05, 0.1) is 11.0 Å². The maximum Gasteiger partial charge on any atom is 0.193 e. The Kier molecular flexibility index (Phi) is 7.44. The van der Waals surface area contributed by atoms with Gasteiger partial charge in [-0.1, -0.05) is 42.5 Å². The number of aromatic nitrogens is 2. The van der Waals surface area contributed by atoms with Crippen molar-refractivity contribution in [2.45, 2.75) is 20.0 Å². The summed E-state index contributed by atoms with van der Waals surface area (Å²) in [5, 5.41) is 3.45. The molecule has 0 spiro atoms. The van der Waals surface area contributed by atoms with Crippen LogP contribution < -0.4 is 5.32 Å². The van der Waals surface area contributed by atoms with Crippen LogP contribution >= 0.6 is 24.0 Å². The molecule has 0 unspecified atom stereocenters. The van der Waals surface area contributed by atoms with Crippen LogP contribution in [0.1, 0.15) is 11.4 Å². The van der Waals surface area contributed by atoms with Crippen molar-refractivity contribution < 1.29 is 0 Å². The molecule has 0 aliphatic rings. The van der Waals surface area contributed by atoms with Crippen LogP contribution in [0.5, 0.6) is 0 Å². The van der Waals surface area contributed by atoms with Gasteiger partial charge in [0.2, 0.25) is 0 Å². The molecule has 5 nitrogen and oxygen atoms in total. The van der Waals surface area contributed by atoms with Gasteiger partial charge in [0, 0.05) is 33.7 Å². The molecule has 2 aromatic carbocycles. The molecule has 0 radical (unpaired) electrons. The molecule has 0 amide bonds. The third-order valence-electron chi connectivity index (χ3n) is 4.30. The molecular formula is C20H26IN5. The molecular weight excluding hydrogens is 437 g/mol. The van der Waals surface area contributed by atoms with E-state index in [-0.39, 0.29) is 24.0 Å². The van der Waals surface area contributed by atoms with Gasteiger partial charge in [-0.05, 0) is 24.6 Å². The standard InChI is InChI=1S/C20H25N5.HI/c1-16-23-18-11-7-8-12-19(18)25(16)14-13-22-20(21-2)24(3)15-17-9-5-4-6-10-17;/h4-12H,13-15H2,1-3H3,(H,21,22);1H. The maximum absolute atomic E-state index is 4.62. The zero-order chi connectivity index (χ0) is 17.6. The Morgan fingerprint density at radius 1 is 1.12 bits per heavy atom. The van der Waals surface area contributed by atoms with E-state index in [4.69, 9.17) is 0 Å². The summed E-state index contributed by atoms with van der Waals surface area (Å²) in [6.07, 6.45) is 0. The number of hydrogen-bond acceptors (Lipinski definition) is 2. The lowest BCUT2D eigenvalue weighted by atomic mass is 10.2. The summed E-state index contributed by atoms with van der Waals surface area (Å²) in [7, 11) is 3.88. The molecule has 1 heterocycles. The van der Waals surface area contributed by atoms with E-state index in [2.05, 4.69) is 81.2 Å². The molecule has 3 aromatic rings. The molecule has 0 bridgehead atoms. The minimum Gasteiger partial charge on any atom is -0.354 e. The van der Waals surface area contributed by atoms with Crippen LogP contribution in [-0.4, -0.2) is 41.1 Å². The molecule has 3 rings (SSSR count). The second-order valence-electron chi connectivity index (χ2n) is 6.12. The van der Waals surface area contributed by atoms with Crippen molar-refractivity contribution in [2.75, 3.05) is 20.6 Å². The summed E-state index contributed by atoms with van der Waals surface area (Å²) in [5.41, 5.74) is 3.49. The van der Waals surface area contributed by atoms with Crippen molar-refractivity contribution >= 4 is 41.0 Å². The van der Waals surface area contributed by atoms with Gasteiger partial charge >= 0.3 is 0 Å². The second-order valence-corrected chi connectivity index (χ2v) is 6.12. The van der Waals surface area contributed by atoms with E-state index in [0.717, 1.165) is 36.9 Å². The number of nitrogens with zero attached hydrogens (tertiary/aromatic N) is 4. The number of imidazole rings is 1. The van der Waals surface area contributed by atoms with E-state index in [1.165, 1.54) is 11.1 Å². The van der Waals surface area contributed by atoms with Crippen molar-refractivity contribution in [1.82, 2.24) is 19.8 Å². The Balaban J connectivity index is 0.00000243. The van der Waals surface area contributed by atoms with Gasteiger partial charge in [0.25, 0.3) is 0 Å². The number of guanidine groups is 1. The molecule has 0 saturated carbocycles. The van der Waals surface area contributed by atoms with Gasteiger partial charge < -0.3 is 14.8 Å². The first-order valence-electron chi connectivity index (χ1n) is 8.56. The largest absolute Gasteiger partial charge is 0.354 e. The highest BCUT2D eigenvalue weighted by Crippen LogP contribution is 2.14. The van der Waals surface area contributed by atoms with Gasteiger partial charge in [-0.15, -0.1) is 24.0 Å². The van der Waals surface area contributed by atoms with Crippen LogP contribution in [0.2, 0.25) is 0 Å². The number of para-hydroxylation sites is 2. The van der Waals surface area contributed by atoms with Crippen molar-refractivity contribution in [1.29, 1.82) is 0 Å². The minimum atomic E-state index is 0. The lowest BCUT2D eigenvalue weighted by Gasteiger charge is -2.22. The summed E-state index contributed by atoms with van der Waals surface area (Å²) in [6.45, 7) is 4.53. The first-order valence-corrected chi connectivity index (χ1v) is 8.56. The van der Waals surface area contributed by atoms with Crippen LogP contribution in [-0.2, 0) is 13.1 Å². The lowest BCUT2D eigenvalue weighted by molar-refractivity contribution is 0.473. The molecule has 1 N–H and O–H groups in total. The Labute approximate surface area is 172 Å². The number of nitrogens with one attached hydrogen (secondary N) is 1. The molecule has 0 saturated heterocycles. The highest BCUT2D eigenvalue weighted by atomic mass is 127. The number of aryl methyl sites for hydroxylation is 1. The van der Waals surface area contributed by atoms with Crippen LogP contribution in [0.15, 0.2) is 59.6 Å². The average molecular weight is 463 g/mol. The van der Waals surface area contributed by atoms with Gasteiger partial charge in [0.15, 0.2) is 5.96 Å². The number of fused-ring (bicyclic) bond motifs is 1. The SMILES string of the molecule is CN=C(NCCn1c(C)nc2ccccc21)N(C)Cc1ccccc1.I. The lowest BCUT2D eigenvalue weighted by Crippen LogP contribution is -2.39. The Morgan fingerprint density at radius 2 is 1.81 bits per heavy atom. The fourth-order valence-corrected chi connectivity index (χ4v) is 3.07. The number of rotatable bonds is 5. The van der Waals surface area contributed by atoms with Crippen molar-refractivity contribution in [3.05, 3.63) is 66.0 Å². The quantitative estimate of drug-likeness (QED) is 0.357. The number of benzene rings is 2. The average Bonchev–Trinajstić information content (AvgIpc) is 2.95. The van der Waals surface area contributed by atoms with E-state index >= 15 is 0 Å². The molecule has 0 atom stereocenters. The van der Waals surface area contributed by atoms with E-state index < -0.39 is 0 Å². The third kappa shape index (κ3) is 4.75. The van der Waals surface area contributed by atoms with E-state index in [0.29, 0.717) is 0 Å². The van der Waals surface area contributed by atoms with Crippen LogP contribution in [0.3, 0.4) is 0 Å². The normalized spacial score (nSPS) is 11.3. The predicted octanol–water partition coefficient (Wildman–Crippen LogP) is 3.67. The van der Waals surface area contributed by atoms with Crippen LogP contribution in [0.4, 0.5) is 0 Å². The molecule has 6 heteroatoms. The summed E-state index contributed by atoms with van der Waals surface area (Å²) in [4.78, 5) is 11.1. The molecule has 0 aliphatic carbocycles. The molecule has 138 valence electrons. The Morgan fingerprint density at radius 3 is 2.54 bits per heavy atom. The van der Waals surface area contributed by atoms with Crippen LogP contribution in [0.25, 0.3) is 11.0 Å². The van der Waals surface area contributed by atoms with Crippen molar-refractivity contribution in [3.8, 4) is 0 Å². The topological polar surface area (TPSA) is 45.5 Å². The smallest absolute Gasteiger partial charge is 0.193 e. The fraction of sp³-hybridized carbons (Fsp3) is 0.300. The van der Waals surface area contributed by atoms with Gasteiger partial charge in [-0.25, -0.2) is 4.98 Å². The third-order valence-corrected chi connectivity index (χ3v) is 4.30. The molecule has 1 aromatic heterocycles. The first-order chi connectivity index (χ1) is 12.2. The minimum absolute atomic E-state index is 0. The Hall–Kier alpha value is -2.09. The summed E-state index contributed by atoms with van der Waals surface area (Å²) in [5.74, 6) is 1.93. The second kappa shape index (κ2) is 9.56. The monoisotopic (exact) mass is 463 g/mol. The van der Waals surface area contributed by atoms with Crippen LogP contribution in [0, 0.1) is 6.92 Å². The zero-order valence-corrected chi connectivity index (χ0v) is 17.8. The summed E-state index contributed by atoms with van der Waals surface area (Å²) >= 11 is 0. The van der Waals surface area contributed by atoms with E-state index in [1.54, 1.807) is 0 Å². The maximum atomic E-state index is 4.62. The first kappa shape index (κ1) is 20.2. The number of halogens is 1. The summed E-state index contributed by atoms with van der Waals surface area (Å²) in [6, 6.07) is 18.7. The molecule has 26 heavy (non-hydrogen) atoms. The van der Waals surface area contributed by atoms with E-state index in [9.17, 15) is 0 Å². The van der Waals surface area contributed by atoms with Crippen molar-refractivity contribution in [3.63, 3.8) is 0 Å². The summed E-state index contributed by atoms with van der Waals surface area (Å²) < 4.78 is 2.24. The number of aliphatic imine (C=N–C) groups is 1. The van der Waals surface area contributed by atoms with Gasteiger partial charge in [-0.3, -0.25) is 4.99 Å². The van der Waals surface area contributed by atoms with Crippen molar-refractivity contribution in [2.24, 2.45) is 4.99 Å². The predicted molar refractivity (Wildman–Crippen MR) is 119 cm³/mol. The van der Waals surface area contributed by atoms with Gasteiger partial charge in [-0.2, -0.15) is 0 Å². The van der Waals surface area contributed by atoms with E-state index in [1.807, 2.05) is 19.2 Å².